The zero-order valence-electron chi connectivity index (χ0n) is 10.8. The van der Waals surface area contributed by atoms with Crippen LogP contribution >= 0.6 is 0 Å². The number of carboxylic acid groups (broad SMARTS) is 1. The lowest BCUT2D eigenvalue weighted by Gasteiger charge is -2.15. The molecule has 0 aliphatic rings. The summed E-state index contributed by atoms with van der Waals surface area (Å²) in [6.45, 7) is 2.29. The Labute approximate surface area is 110 Å². The quantitative estimate of drug-likeness (QED) is 0.894. The largest absolute Gasteiger partial charge is 0.488 e. The molecule has 0 bridgehead atoms. The van der Waals surface area contributed by atoms with Crippen LogP contribution in [0.5, 0.6) is 5.75 Å². The molecule has 0 aliphatic carbocycles. The Morgan fingerprint density at radius 3 is 2.84 bits per heavy atom. The number of fused-ring (bicyclic) bond motifs is 1. The van der Waals surface area contributed by atoms with Crippen molar-refractivity contribution in [3.63, 3.8) is 0 Å². The SMILES string of the molecule is COCC(C)Oc1cc(C(=O)O)nc2ccccc12. The molecule has 100 valence electrons. The molecule has 0 fully saturated rings. The summed E-state index contributed by atoms with van der Waals surface area (Å²) >= 11 is 0. The Morgan fingerprint density at radius 2 is 2.16 bits per heavy atom. The number of aromatic carboxylic acids is 1. The zero-order chi connectivity index (χ0) is 13.8. The van der Waals surface area contributed by atoms with Gasteiger partial charge >= 0.3 is 5.97 Å². The maximum atomic E-state index is 11.1. The van der Waals surface area contributed by atoms with Gasteiger partial charge in [-0.25, -0.2) is 9.78 Å². The third-order valence-electron chi connectivity index (χ3n) is 2.63. The maximum absolute atomic E-state index is 11.1. The minimum atomic E-state index is -1.07. The molecule has 0 saturated heterocycles. The van der Waals surface area contributed by atoms with Gasteiger partial charge in [0.25, 0.3) is 0 Å². The molecular formula is C14H15NO4. The molecule has 1 unspecified atom stereocenters. The van der Waals surface area contributed by atoms with E-state index in [1.165, 1.54) is 6.07 Å². The number of carboxylic acids is 1. The fourth-order valence-electron chi connectivity index (χ4n) is 1.84. The molecule has 5 heteroatoms. The van der Waals surface area contributed by atoms with Crippen LogP contribution in [-0.4, -0.2) is 35.9 Å². The smallest absolute Gasteiger partial charge is 0.354 e. The van der Waals surface area contributed by atoms with Gasteiger partial charge in [0, 0.05) is 18.6 Å². The van der Waals surface area contributed by atoms with Crippen LogP contribution in [0.3, 0.4) is 0 Å². The summed E-state index contributed by atoms with van der Waals surface area (Å²) in [4.78, 5) is 15.1. The number of aromatic nitrogens is 1. The number of methoxy groups -OCH3 is 1. The Hall–Kier alpha value is -2.14. The van der Waals surface area contributed by atoms with E-state index in [9.17, 15) is 4.79 Å². The predicted molar refractivity (Wildman–Crippen MR) is 70.7 cm³/mol. The number of para-hydroxylation sites is 1. The Balaban J connectivity index is 2.47. The minimum absolute atomic E-state index is 0.0293. The van der Waals surface area contributed by atoms with E-state index in [1.54, 1.807) is 13.2 Å². The topological polar surface area (TPSA) is 68.7 Å². The molecule has 5 nitrogen and oxygen atoms in total. The summed E-state index contributed by atoms with van der Waals surface area (Å²) in [6, 6.07) is 8.72. The summed E-state index contributed by atoms with van der Waals surface area (Å²) in [5, 5.41) is 9.85. The van der Waals surface area contributed by atoms with E-state index in [1.807, 2.05) is 25.1 Å². The van der Waals surface area contributed by atoms with Gasteiger partial charge in [0.2, 0.25) is 0 Å². The minimum Gasteiger partial charge on any atom is -0.488 e. The second-order valence-corrected chi connectivity index (χ2v) is 4.21. The normalized spacial score (nSPS) is 12.3. The van der Waals surface area contributed by atoms with E-state index in [4.69, 9.17) is 14.6 Å². The highest BCUT2D eigenvalue weighted by Crippen LogP contribution is 2.26. The van der Waals surface area contributed by atoms with Crippen LogP contribution in [0.25, 0.3) is 10.9 Å². The van der Waals surface area contributed by atoms with Gasteiger partial charge in [-0.3, -0.25) is 0 Å². The Kier molecular flexibility index (Phi) is 3.97. The highest BCUT2D eigenvalue weighted by Gasteiger charge is 2.13. The van der Waals surface area contributed by atoms with Gasteiger partial charge < -0.3 is 14.6 Å². The molecule has 1 N–H and O–H groups in total. The molecule has 1 aromatic heterocycles. The summed E-state index contributed by atoms with van der Waals surface area (Å²) in [5.41, 5.74) is 0.570. The van der Waals surface area contributed by atoms with E-state index in [0.717, 1.165) is 5.39 Å². The number of carbonyl (C=O) groups is 1. The van der Waals surface area contributed by atoms with Crippen LogP contribution in [-0.2, 0) is 4.74 Å². The number of hydrogen-bond acceptors (Lipinski definition) is 4. The first-order valence-corrected chi connectivity index (χ1v) is 5.90. The highest BCUT2D eigenvalue weighted by molar-refractivity contribution is 5.93. The predicted octanol–water partition coefficient (Wildman–Crippen LogP) is 2.35. The van der Waals surface area contributed by atoms with Gasteiger partial charge in [-0.05, 0) is 19.1 Å². The van der Waals surface area contributed by atoms with Gasteiger partial charge in [0.1, 0.15) is 11.9 Å². The first kappa shape index (κ1) is 13.3. The van der Waals surface area contributed by atoms with Crippen molar-refractivity contribution in [2.75, 3.05) is 13.7 Å². The van der Waals surface area contributed by atoms with Crippen molar-refractivity contribution >= 4 is 16.9 Å². The van der Waals surface area contributed by atoms with Gasteiger partial charge in [-0.2, -0.15) is 0 Å². The van der Waals surface area contributed by atoms with E-state index in [-0.39, 0.29) is 11.8 Å². The molecule has 2 rings (SSSR count). The molecule has 19 heavy (non-hydrogen) atoms. The zero-order valence-corrected chi connectivity index (χ0v) is 10.8. The first-order chi connectivity index (χ1) is 9.11. The van der Waals surface area contributed by atoms with E-state index >= 15 is 0 Å². The number of ether oxygens (including phenoxy) is 2. The van der Waals surface area contributed by atoms with Crippen molar-refractivity contribution in [1.29, 1.82) is 0 Å². The van der Waals surface area contributed by atoms with Gasteiger partial charge in [-0.1, -0.05) is 12.1 Å². The van der Waals surface area contributed by atoms with Crippen molar-refractivity contribution in [3.8, 4) is 5.75 Å². The van der Waals surface area contributed by atoms with E-state index < -0.39 is 5.97 Å². The molecule has 0 radical (unpaired) electrons. The molecule has 0 spiro atoms. The number of nitrogens with zero attached hydrogens (tertiary/aromatic N) is 1. The van der Waals surface area contributed by atoms with Crippen LogP contribution in [0.15, 0.2) is 30.3 Å². The van der Waals surface area contributed by atoms with Crippen LogP contribution < -0.4 is 4.74 Å². The molecule has 2 aromatic rings. The van der Waals surface area contributed by atoms with Crippen molar-refractivity contribution < 1.29 is 19.4 Å². The molecular weight excluding hydrogens is 246 g/mol. The fraction of sp³-hybridized carbons (Fsp3) is 0.286. The molecule has 0 aliphatic heterocycles. The second kappa shape index (κ2) is 5.67. The maximum Gasteiger partial charge on any atom is 0.354 e. The van der Waals surface area contributed by atoms with Crippen molar-refractivity contribution in [3.05, 3.63) is 36.0 Å². The molecule has 1 aromatic carbocycles. The molecule has 1 heterocycles. The lowest BCUT2D eigenvalue weighted by molar-refractivity contribution is 0.0688. The van der Waals surface area contributed by atoms with Crippen molar-refractivity contribution in [1.82, 2.24) is 4.98 Å². The lowest BCUT2D eigenvalue weighted by atomic mass is 10.2. The third-order valence-corrected chi connectivity index (χ3v) is 2.63. The van der Waals surface area contributed by atoms with Crippen LogP contribution in [0, 0.1) is 0 Å². The number of pyridine rings is 1. The second-order valence-electron chi connectivity index (χ2n) is 4.21. The lowest BCUT2D eigenvalue weighted by Crippen LogP contribution is -2.18. The Morgan fingerprint density at radius 1 is 1.42 bits per heavy atom. The summed E-state index contributed by atoms with van der Waals surface area (Å²) in [5.74, 6) is -0.567. The fourth-order valence-corrected chi connectivity index (χ4v) is 1.84. The first-order valence-electron chi connectivity index (χ1n) is 5.90. The number of rotatable bonds is 5. The van der Waals surface area contributed by atoms with E-state index in [2.05, 4.69) is 4.98 Å². The standard InChI is InChI=1S/C14H15NO4/c1-9(8-18-2)19-13-7-12(14(16)17)15-11-6-4-3-5-10(11)13/h3-7,9H,8H2,1-2H3,(H,16,17). The van der Waals surface area contributed by atoms with Crippen LogP contribution in [0.4, 0.5) is 0 Å². The Bertz CT molecular complexity index is 597. The number of benzene rings is 1. The van der Waals surface area contributed by atoms with Crippen molar-refractivity contribution in [2.45, 2.75) is 13.0 Å². The molecule has 0 saturated carbocycles. The third kappa shape index (κ3) is 3.00. The summed E-state index contributed by atoms with van der Waals surface area (Å²) < 4.78 is 10.7. The van der Waals surface area contributed by atoms with Crippen molar-refractivity contribution in [2.24, 2.45) is 0 Å². The van der Waals surface area contributed by atoms with Crippen LogP contribution in [0.2, 0.25) is 0 Å². The highest BCUT2D eigenvalue weighted by atomic mass is 16.5. The van der Waals surface area contributed by atoms with Gasteiger partial charge in [0.15, 0.2) is 5.69 Å². The average Bonchev–Trinajstić information content (AvgIpc) is 2.38. The summed E-state index contributed by atoms with van der Waals surface area (Å²) in [6.07, 6.45) is -0.169. The van der Waals surface area contributed by atoms with Gasteiger partial charge in [0.05, 0.1) is 12.1 Å². The average molecular weight is 261 g/mol. The molecule has 1 atom stereocenters. The van der Waals surface area contributed by atoms with E-state index in [0.29, 0.717) is 17.9 Å². The molecule has 0 amide bonds. The van der Waals surface area contributed by atoms with Crippen LogP contribution in [0.1, 0.15) is 17.4 Å². The number of hydrogen-bond donors (Lipinski definition) is 1. The summed E-state index contributed by atoms with van der Waals surface area (Å²) in [7, 11) is 1.59. The monoisotopic (exact) mass is 261 g/mol. The van der Waals surface area contributed by atoms with Gasteiger partial charge in [-0.15, -0.1) is 0 Å².